The molecule has 17 heavy (non-hydrogen) atoms. The molecule has 1 rings (SSSR count). The van der Waals surface area contributed by atoms with Crippen LogP contribution in [0.25, 0.3) is 0 Å². The number of benzene rings is 1. The highest BCUT2D eigenvalue weighted by Gasteiger charge is 2.01. The smallest absolute Gasteiger partial charge is 0.312 e. The van der Waals surface area contributed by atoms with Crippen molar-refractivity contribution in [1.82, 2.24) is 10.6 Å². The van der Waals surface area contributed by atoms with Crippen molar-refractivity contribution in [2.24, 2.45) is 5.73 Å². The predicted molar refractivity (Wildman–Crippen MR) is 70.0 cm³/mol. The first-order valence-electron chi connectivity index (χ1n) is 5.20. The van der Waals surface area contributed by atoms with Crippen molar-refractivity contribution in [3.05, 3.63) is 28.2 Å². The van der Waals surface area contributed by atoms with E-state index in [0.717, 1.165) is 15.8 Å². The van der Waals surface area contributed by atoms with Crippen LogP contribution in [-0.2, 0) is 6.54 Å². The standard InChI is InChI=1S/C11H16BrN3O2/c1-17-9-3-2-8(10(12)6-9)7-14-4-5-15-11(13)16/h2-3,6,14H,4-5,7H2,1H3,(H3,13,15,16). The van der Waals surface area contributed by atoms with Gasteiger partial charge in [-0.2, -0.15) is 0 Å². The van der Waals surface area contributed by atoms with Gasteiger partial charge in [0.15, 0.2) is 0 Å². The third-order valence-electron chi connectivity index (χ3n) is 2.18. The zero-order valence-electron chi connectivity index (χ0n) is 9.63. The van der Waals surface area contributed by atoms with Crippen molar-refractivity contribution in [2.45, 2.75) is 6.54 Å². The molecule has 6 heteroatoms. The van der Waals surface area contributed by atoms with Crippen molar-refractivity contribution in [2.75, 3.05) is 20.2 Å². The summed E-state index contributed by atoms with van der Waals surface area (Å²) >= 11 is 3.47. The second kappa shape index (κ2) is 7.13. The van der Waals surface area contributed by atoms with Gasteiger partial charge in [-0.1, -0.05) is 22.0 Å². The van der Waals surface area contributed by atoms with Crippen LogP contribution in [0.1, 0.15) is 5.56 Å². The first-order valence-corrected chi connectivity index (χ1v) is 5.99. The number of rotatable bonds is 6. The van der Waals surface area contributed by atoms with Crippen molar-refractivity contribution < 1.29 is 9.53 Å². The molecule has 0 saturated heterocycles. The summed E-state index contributed by atoms with van der Waals surface area (Å²) < 4.78 is 6.10. The summed E-state index contributed by atoms with van der Waals surface area (Å²) in [4.78, 5) is 10.4. The second-order valence-corrected chi connectivity index (χ2v) is 4.28. The summed E-state index contributed by atoms with van der Waals surface area (Å²) in [5.74, 6) is 0.816. The Kier molecular flexibility index (Phi) is 5.79. The minimum atomic E-state index is -0.502. The fraction of sp³-hybridized carbons (Fsp3) is 0.364. The summed E-state index contributed by atoms with van der Waals surface area (Å²) in [6.07, 6.45) is 0. The molecular weight excluding hydrogens is 286 g/mol. The van der Waals surface area contributed by atoms with E-state index in [1.54, 1.807) is 7.11 Å². The Labute approximate surface area is 109 Å². The van der Waals surface area contributed by atoms with Gasteiger partial charge in [-0.3, -0.25) is 0 Å². The van der Waals surface area contributed by atoms with Gasteiger partial charge < -0.3 is 21.1 Å². The fourth-order valence-corrected chi connectivity index (χ4v) is 1.79. The molecule has 0 aliphatic carbocycles. The van der Waals surface area contributed by atoms with E-state index < -0.39 is 6.03 Å². The number of amides is 2. The maximum Gasteiger partial charge on any atom is 0.312 e. The van der Waals surface area contributed by atoms with Crippen LogP contribution in [0.2, 0.25) is 0 Å². The number of methoxy groups -OCH3 is 1. The van der Waals surface area contributed by atoms with E-state index >= 15 is 0 Å². The van der Waals surface area contributed by atoms with Crippen molar-refractivity contribution in [3.63, 3.8) is 0 Å². The lowest BCUT2D eigenvalue weighted by atomic mass is 10.2. The molecule has 4 N–H and O–H groups in total. The summed E-state index contributed by atoms with van der Waals surface area (Å²) in [5.41, 5.74) is 6.07. The summed E-state index contributed by atoms with van der Waals surface area (Å²) in [6.45, 7) is 1.90. The van der Waals surface area contributed by atoms with Gasteiger partial charge >= 0.3 is 6.03 Å². The molecule has 0 heterocycles. The average molecular weight is 302 g/mol. The Morgan fingerprint density at radius 2 is 2.24 bits per heavy atom. The van der Waals surface area contributed by atoms with Crippen LogP contribution in [0.5, 0.6) is 5.75 Å². The summed E-state index contributed by atoms with van der Waals surface area (Å²) in [6, 6.07) is 5.30. The van der Waals surface area contributed by atoms with Crippen molar-refractivity contribution in [3.8, 4) is 5.75 Å². The number of nitrogens with one attached hydrogen (secondary N) is 2. The van der Waals surface area contributed by atoms with Crippen molar-refractivity contribution >= 4 is 22.0 Å². The quantitative estimate of drug-likeness (QED) is 0.691. The predicted octanol–water partition coefficient (Wildman–Crippen LogP) is 1.22. The van der Waals surface area contributed by atoms with Gasteiger partial charge in [0, 0.05) is 24.1 Å². The normalized spacial score (nSPS) is 10.0. The van der Waals surface area contributed by atoms with Crippen LogP contribution in [0.4, 0.5) is 4.79 Å². The zero-order valence-corrected chi connectivity index (χ0v) is 11.2. The van der Waals surface area contributed by atoms with Gasteiger partial charge in [0.25, 0.3) is 0 Å². The van der Waals surface area contributed by atoms with Crippen LogP contribution in [0.15, 0.2) is 22.7 Å². The lowest BCUT2D eigenvalue weighted by Gasteiger charge is -2.08. The molecule has 0 aromatic heterocycles. The lowest BCUT2D eigenvalue weighted by molar-refractivity contribution is 0.249. The molecule has 5 nitrogen and oxygen atoms in total. The van der Waals surface area contributed by atoms with E-state index in [4.69, 9.17) is 10.5 Å². The molecular formula is C11H16BrN3O2. The number of hydrogen-bond acceptors (Lipinski definition) is 3. The highest BCUT2D eigenvalue weighted by Crippen LogP contribution is 2.22. The monoisotopic (exact) mass is 301 g/mol. The van der Waals surface area contributed by atoms with Crippen LogP contribution < -0.4 is 21.1 Å². The van der Waals surface area contributed by atoms with E-state index in [2.05, 4.69) is 26.6 Å². The first kappa shape index (κ1) is 13.8. The van der Waals surface area contributed by atoms with Crippen LogP contribution >= 0.6 is 15.9 Å². The average Bonchev–Trinajstić information content (AvgIpc) is 2.30. The fourth-order valence-electron chi connectivity index (χ4n) is 1.30. The maximum absolute atomic E-state index is 10.4. The summed E-state index contributed by atoms with van der Waals surface area (Å²) in [5, 5.41) is 5.70. The first-order chi connectivity index (χ1) is 8.13. The largest absolute Gasteiger partial charge is 0.497 e. The Balaban J connectivity index is 2.34. The highest BCUT2D eigenvalue weighted by atomic mass is 79.9. The second-order valence-electron chi connectivity index (χ2n) is 3.43. The number of nitrogens with two attached hydrogens (primary N) is 1. The number of urea groups is 1. The summed E-state index contributed by atoms with van der Waals surface area (Å²) in [7, 11) is 1.63. The maximum atomic E-state index is 10.4. The van der Waals surface area contributed by atoms with E-state index in [1.165, 1.54) is 0 Å². The lowest BCUT2D eigenvalue weighted by Crippen LogP contribution is -2.35. The number of carbonyl (C=O) groups is 1. The molecule has 0 unspecified atom stereocenters. The van der Waals surface area contributed by atoms with E-state index in [-0.39, 0.29) is 0 Å². The highest BCUT2D eigenvalue weighted by molar-refractivity contribution is 9.10. The molecule has 1 aromatic rings. The van der Waals surface area contributed by atoms with Gasteiger partial charge in [-0.25, -0.2) is 4.79 Å². The molecule has 0 spiro atoms. The van der Waals surface area contributed by atoms with E-state index in [1.807, 2.05) is 18.2 Å². The van der Waals surface area contributed by atoms with Crippen molar-refractivity contribution in [1.29, 1.82) is 0 Å². The minimum absolute atomic E-state index is 0.502. The zero-order chi connectivity index (χ0) is 12.7. The Morgan fingerprint density at radius 1 is 1.47 bits per heavy atom. The molecule has 0 aliphatic heterocycles. The third kappa shape index (κ3) is 5.06. The Bertz CT molecular complexity index is 385. The van der Waals surface area contributed by atoms with Crippen LogP contribution in [-0.4, -0.2) is 26.2 Å². The number of ether oxygens (including phenoxy) is 1. The van der Waals surface area contributed by atoms with Gasteiger partial charge in [0.2, 0.25) is 0 Å². The van der Waals surface area contributed by atoms with E-state index in [9.17, 15) is 4.79 Å². The molecule has 0 bridgehead atoms. The molecule has 94 valence electrons. The van der Waals surface area contributed by atoms with Gasteiger partial charge in [-0.05, 0) is 17.7 Å². The topological polar surface area (TPSA) is 76.4 Å². The van der Waals surface area contributed by atoms with Gasteiger partial charge in [0.1, 0.15) is 5.75 Å². The van der Waals surface area contributed by atoms with Gasteiger partial charge in [-0.15, -0.1) is 0 Å². The minimum Gasteiger partial charge on any atom is -0.497 e. The van der Waals surface area contributed by atoms with E-state index in [0.29, 0.717) is 19.6 Å². The number of hydrogen-bond donors (Lipinski definition) is 3. The SMILES string of the molecule is COc1ccc(CNCCNC(N)=O)c(Br)c1. The number of halogens is 1. The van der Waals surface area contributed by atoms with Gasteiger partial charge in [0.05, 0.1) is 7.11 Å². The molecule has 0 radical (unpaired) electrons. The third-order valence-corrected chi connectivity index (χ3v) is 2.91. The van der Waals surface area contributed by atoms with Crippen LogP contribution in [0, 0.1) is 0 Å². The molecule has 2 amide bonds. The number of carbonyl (C=O) groups excluding carboxylic acids is 1. The molecule has 0 aliphatic rings. The molecule has 0 atom stereocenters. The molecule has 1 aromatic carbocycles. The van der Waals surface area contributed by atoms with Crippen LogP contribution in [0.3, 0.4) is 0 Å². The Hall–Kier alpha value is -1.27. The molecule has 0 saturated carbocycles. The Morgan fingerprint density at radius 3 is 2.82 bits per heavy atom. The molecule has 0 fully saturated rings. The number of primary amides is 1.